The van der Waals surface area contributed by atoms with Crippen LogP contribution in [0.25, 0.3) is 0 Å². The van der Waals surface area contributed by atoms with Crippen LogP contribution < -0.4 is 4.74 Å². The average Bonchev–Trinajstić information content (AvgIpc) is 2.77. The van der Waals surface area contributed by atoms with E-state index >= 15 is 0 Å². The second-order valence-corrected chi connectivity index (χ2v) is 7.72. The Morgan fingerprint density at radius 3 is 2.52 bits per heavy atom. The number of rotatable bonds is 5. The van der Waals surface area contributed by atoms with Crippen molar-refractivity contribution in [3.8, 4) is 5.75 Å². The molecule has 140 valence electrons. The second-order valence-electron chi connectivity index (χ2n) is 7.72. The zero-order valence-corrected chi connectivity index (χ0v) is 15.2. The summed E-state index contributed by atoms with van der Waals surface area (Å²) in [5.41, 5.74) is 0.432. The second kappa shape index (κ2) is 8.01. The SMILES string of the molecule is CCCC1CC2CCC(c3ccc(OCC)c(F)c3F)CCC2C1F. The van der Waals surface area contributed by atoms with Crippen LogP contribution in [0.4, 0.5) is 13.2 Å². The molecule has 3 rings (SSSR count). The highest BCUT2D eigenvalue weighted by atomic mass is 19.2. The van der Waals surface area contributed by atoms with Crippen molar-refractivity contribution < 1.29 is 17.9 Å². The highest BCUT2D eigenvalue weighted by Gasteiger charge is 2.44. The highest BCUT2D eigenvalue weighted by molar-refractivity contribution is 5.33. The van der Waals surface area contributed by atoms with Crippen molar-refractivity contribution in [2.75, 3.05) is 6.61 Å². The number of benzene rings is 1. The Labute approximate surface area is 149 Å². The van der Waals surface area contributed by atoms with Crippen LogP contribution in [0.3, 0.4) is 0 Å². The van der Waals surface area contributed by atoms with Crippen molar-refractivity contribution in [2.45, 2.75) is 70.9 Å². The van der Waals surface area contributed by atoms with Crippen molar-refractivity contribution in [3.63, 3.8) is 0 Å². The summed E-state index contributed by atoms with van der Waals surface area (Å²) in [6.07, 6.45) is 5.51. The van der Waals surface area contributed by atoms with E-state index in [4.69, 9.17) is 4.74 Å². The lowest BCUT2D eigenvalue weighted by molar-refractivity contribution is 0.179. The average molecular weight is 354 g/mol. The monoisotopic (exact) mass is 354 g/mol. The molecular weight excluding hydrogens is 325 g/mol. The predicted molar refractivity (Wildman–Crippen MR) is 93.6 cm³/mol. The van der Waals surface area contributed by atoms with Gasteiger partial charge in [0.1, 0.15) is 6.17 Å². The van der Waals surface area contributed by atoms with Crippen LogP contribution >= 0.6 is 0 Å². The molecule has 1 aromatic carbocycles. The van der Waals surface area contributed by atoms with Gasteiger partial charge in [0, 0.05) is 0 Å². The first-order valence-corrected chi connectivity index (χ1v) is 9.81. The molecule has 0 heterocycles. The fourth-order valence-electron chi connectivity index (χ4n) is 5.07. The van der Waals surface area contributed by atoms with E-state index < -0.39 is 17.8 Å². The molecule has 2 fully saturated rings. The van der Waals surface area contributed by atoms with Crippen LogP contribution in [0, 0.1) is 29.4 Å². The smallest absolute Gasteiger partial charge is 0.200 e. The topological polar surface area (TPSA) is 9.23 Å². The Morgan fingerprint density at radius 1 is 1.04 bits per heavy atom. The van der Waals surface area contributed by atoms with Crippen LogP contribution in [0.5, 0.6) is 5.75 Å². The quantitative estimate of drug-likeness (QED) is 0.593. The molecule has 4 heteroatoms. The van der Waals surface area contributed by atoms with Gasteiger partial charge in [-0.3, -0.25) is 0 Å². The third kappa shape index (κ3) is 3.68. The Balaban J connectivity index is 1.72. The van der Waals surface area contributed by atoms with E-state index in [1.54, 1.807) is 13.0 Å². The van der Waals surface area contributed by atoms with Crippen LogP contribution in [0.1, 0.15) is 70.3 Å². The minimum atomic E-state index is -0.893. The van der Waals surface area contributed by atoms with Crippen molar-refractivity contribution in [2.24, 2.45) is 17.8 Å². The lowest BCUT2D eigenvalue weighted by Gasteiger charge is -2.20. The summed E-state index contributed by atoms with van der Waals surface area (Å²) in [6.45, 7) is 4.16. The standard InChI is InChI=1S/C21H29F3O/c1-3-5-15-12-14-7-6-13(8-9-17(14)19(15)22)16-10-11-18(25-4-2)21(24)20(16)23/h10-11,13-15,17,19H,3-9,12H2,1-2H3. The van der Waals surface area contributed by atoms with Gasteiger partial charge in [0.2, 0.25) is 5.82 Å². The fourth-order valence-corrected chi connectivity index (χ4v) is 5.07. The van der Waals surface area contributed by atoms with Crippen molar-refractivity contribution >= 4 is 0 Å². The van der Waals surface area contributed by atoms with Gasteiger partial charge in [0.25, 0.3) is 0 Å². The summed E-state index contributed by atoms with van der Waals surface area (Å²) in [5.74, 6) is -1.01. The van der Waals surface area contributed by atoms with Crippen LogP contribution in [-0.4, -0.2) is 12.8 Å². The zero-order valence-electron chi connectivity index (χ0n) is 15.2. The third-order valence-corrected chi connectivity index (χ3v) is 6.28. The van der Waals surface area contributed by atoms with Gasteiger partial charge < -0.3 is 4.74 Å². The lowest BCUT2D eigenvalue weighted by Crippen LogP contribution is -2.18. The van der Waals surface area contributed by atoms with Crippen LogP contribution in [0.15, 0.2) is 12.1 Å². The van der Waals surface area contributed by atoms with Gasteiger partial charge in [0.15, 0.2) is 11.6 Å². The van der Waals surface area contributed by atoms with Gasteiger partial charge in [-0.2, -0.15) is 4.39 Å². The van der Waals surface area contributed by atoms with E-state index in [-0.39, 0.29) is 23.5 Å². The van der Waals surface area contributed by atoms with E-state index in [0.717, 1.165) is 44.9 Å². The number of hydrogen-bond donors (Lipinski definition) is 0. The van der Waals surface area contributed by atoms with E-state index in [2.05, 4.69) is 6.92 Å². The van der Waals surface area contributed by atoms with Gasteiger partial charge in [-0.15, -0.1) is 0 Å². The van der Waals surface area contributed by atoms with Crippen LogP contribution in [-0.2, 0) is 0 Å². The Kier molecular flexibility index (Phi) is 5.96. The van der Waals surface area contributed by atoms with Crippen molar-refractivity contribution in [1.82, 2.24) is 0 Å². The number of hydrogen-bond acceptors (Lipinski definition) is 1. The number of fused-ring (bicyclic) bond motifs is 1. The molecule has 0 aliphatic heterocycles. The lowest BCUT2D eigenvalue weighted by atomic mass is 9.88. The minimum Gasteiger partial charge on any atom is -0.491 e. The third-order valence-electron chi connectivity index (χ3n) is 6.28. The molecule has 0 radical (unpaired) electrons. The summed E-state index contributed by atoms with van der Waals surface area (Å²) in [4.78, 5) is 0. The Hall–Kier alpha value is -1.19. The molecule has 1 nitrogen and oxygen atoms in total. The molecule has 2 saturated carbocycles. The predicted octanol–water partition coefficient (Wildman–Crippen LogP) is 6.41. The maximum atomic E-state index is 14.8. The Morgan fingerprint density at radius 2 is 1.80 bits per heavy atom. The molecule has 5 atom stereocenters. The minimum absolute atomic E-state index is 0.0207. The van der Waals surface area contributed by atoms with Crippen molar-refractivity contribution in [1.29, 1.82) is 0 Å². The molecule has 5 unspecified atom stereocenters. The normalized spacial score (nSPS) is 32.3. The van der Waals surface area contributed by atoms with E-state index in [1.165, 1.54) is 6.07 Å². The zero-order chi connectivity index (χ0) is 18.0. The first kappa shape index (κ1) is 18.6. The maximum Gasteiger partial charge on any atom is 0.200 e. The first-order chi connectivity index (χ1) is 12.1. The molecule has 0 N–H and O–H groups in total. The highest BCUT2D eigenvalue weighted by Crippen LogP contribution is 2.50. The van der Waals surface area contributed by atoms with Gasteiger partial charge >= 0.3 is 0 Å². The molecule has 0 spiro atoms. The molecule has 0 bridgehead atoms. The van der Waals surface area contributed by atoms with E-state index in [1.807, 2.05) is 0 Å². The molecule has 2 aliphatic rings. The summed E-state index contributed by atoms with van der Waals surface area (Å²) in [5, 5.41) is 0. The van der Waals surface area contributed by atoms with Gasteiger partial charge in [-0.25, -0.2) is 8.78 Å². The number of alkyl halides is 1. The molecule has 2 aliphatic carbocycles. The van der Waals surface area contributed by atoms with Crippen molar-refractivity contribution in [3.05, 3.63) is 29.3 Å². The first-order valence-electron chi connectivity index (χ1n) is 9.81. The Bertz CT molecular complexity index is 589. The molecule has 25 heavy (non-hydrogen) atoms. The molecule has 1 aromatic rings. The molecule has 0 amide bonds. The van der Waals surface area contributed by atoms with Gasteiger partial charge in [-0.05, 0) is 80.8 Å². The summed E-state index contributed by atoms with van der Waals surface area (Å²) >= 11 is 0. The van der Waals surface area contributed by atoms with E-state index in [0.29, 0.717) is 18.1 Å². The number of ether oxygens (including phenoxy) is 1. The van der Waals surface area contributed by atoms with Crippen LogP contribution in [0.2, 0.25) is 0 Å². The van der Waals surface area contributed by atoms with Gasteiger partial charge in [0.05, 0.1) is 6.61 Å². The molecule has 0 saturated heterocycles. The molecular formula is C21H29F3O. The fraction of sp³-hybridized carbons (Fsp3) is 0.714. The van der Waals surface area contributed by atoms with Gasteiger partial charge in [-0.1, -0.05) is 19.4 Å². The molecule has 0 aromatic heterocycles. The van der Waals surface area contributed by atoms with E-state index in [9.17, 15) is 13.2 Å². The number of halogens is 3. The summed E-state index contributed by atoms with van der Waals surface area (Å²) in [6, 6.07) is 3.18. The maximum absolute atomic E-state index is 14.8. The summed E-state index contributed by atoms with van der Waals surface area (Å²) < 4.78 is 48.6. The largest absolute Gasteiger partial charge is 0.491 e. The summed E-state index contributed by atoms with van der Waals surface area (Å²) in [7, 11) is 0.